The van der Waals surface area contributed by atoms with Crippen molar-refractivity contribution in [1.82, 2.24) is 14.1 Å². The number of hydrogen-bond donors (Lipinski definition) is 0. The molecule has 30 heavy (non-hydrogen) atoms. The van der Waals surface area contributed by atoms with E-state index < -0.39 is 10.0 Å². The topological polar surface area (TPSA) is 60.9 Å². The molecule has 1 heterocycles. The van der Waals surface area contributed by atoms with Crippen LogP contribution < -0.4 is 0 Å². The van der Waals surface area contributed by atoms with Gasteiger partial charge in [0.15, 0.2) is 0 Å². The minimum Gasteiger partial charge on any atom is -0.336 e. The number of carbonyl (C=O) groups is 1. The summed E-state index contributed by atoms with van der Waals surface area (Å²) in [4.78, 5) is 17.0. The van der Waals surface area contributed by atoms with Crippen molar-refractivity contribution in [1.29, 1.82) is 0 Å². The third-order valence-electron chi connectivity index (χ3n) is 5.44. The molecule has 9 heteroatoms. The van der Waals surface area contributed by atoms with Gasteiger partial charge in [0.25, 0.3) is 5.91 Å². The van der Waals surface area contributed by atoms with Crippen molar-refractivity contribution in [2.75, 3.05) is 40.3 Å². The maximum atomic E-state index is 13.0. The molecule has 2 aromatic rings. The fourth-order valence-electron chi connectivity index (χ4n) is 3.54. The van der Waals surface area contributed by atoms with E-state index in [0.717, 1.165) is 14.9 Å². The molecule has 1 fully saturated rings. The van der Waals surface area contributed by atoms with Crippen molar-refractivity contribution in [2.24, 2.45) is 0 Å². The molecule has 1 amide bonds. The van der Waals surface area contributed by atoms with Crippen molar-refractivity contribution in [3.8, 4) is 0 Å². The zero-order valence-electron chi connectivity index (χ0n) is 17.2. The molecule has 162 valence electrons. The summed E-state index contributed by atoms with van der Waals surface area (Å²) in [6.07, 6.45) is 0. The Hall–Kier alpha value is -1.64. The monoisotopic (exact) mass is 469 g/mol. The Balaban J connectivity index is 1.72. The Kier molecular flexibility index (Phi) is 7.09. The standard InChI is InChI=1S/C21H25Cl2N3O3S/c1-15(17-6-4-5-7-18(17)22)25-10-12-26(13-11-25)21(27)16-8-9-19(23)20(14-16)30(28,29)24(2)3/h4-9,14-15H,10-13H2,1-3H3. The predicted octanol–water partition coefficient (Wildman–Crippen LogP) is 3.76. The summed E-state index contributed by atoms with van der Waals surface area (Å²) in [5, 5.41) is 0.831. The lowest BCUT2D eigenvalue weighted by molar-refractivity contribution is 0.0582. The van der Waals surface area contributed by atoms with Gasteiger partial charge < -0.3 is 4.90 Å². The number of amides is 1. The lowest BCUT2D eigenvalue weighted by atomic mass is 10.1. The number of benzene rings is 2. The van der Waals surface area contributed by atoms with Gasteiger partial charge in [-0.3, -0.25) is 9.69 Å². The first-order chi connectivity index (χ1) is 14.1. The molecule has 0 radical (unpaired) electrons. The summed E-state index contributed by atoms with van der Waals surface area (Å²) < 4.78 is 26.0. The molecule has 0 N–H and O–H groups in total. The van der Waals surface area contributed by atoms with Gasteiger partial charge in [0.2, 0.25) is 10.0 Å². The van der Waals surface area contributed by atoms with Crippen LogP contribution in [0.1, 0.15) is 28.9 Å². The molecule has 1 saturated heterocycles. The largest absolute Gasteiger partial charge is 0.336 e. The molecule has 1 aliphatic rings. The maximum Gasteiger partial charge on any atom is 0.253 e. The minimum absolute atomic E-state index is 0.0639. The number of halogens is 2. The Morgan fingerprint density at radius 1 is 1.00 bits per heavy atom. The molecule has 1 aliphatic heterocycles. The molecule has 0 bridgehead atoms. The second kappa shape index (κ2) is 9.24. The second-order valence-corrected chi connectivity index (χ2v) is 10.4. The Morgan fingerprint density at radius 2 is 1.63 bits per heavy atom. The highest BCUT2D eigenvalue weighted by Gasteiger charge is 2.28. The fourth-order valence-corrected chi connectivity index (χ4v) is 5.22. The normalized spacial score (nSPS) is 16.7. The van der Waals surface area contributed by atoms with Crippen LogP contribution >= 0.6 is 23.2 Å². The van der Waals surface area contributed by atoms with E-state index in [1.807, 2.05) is 24.3 Å². The first kappa shape index (κ1) is 23.0. The third kappa shape index (κ3) is 4.65. The molecule has 1 unspecified atom stereocenters. The maximum absolute atomic E-state index is 13.0. The molecule has 6 nitrogen and oxygen atoms in total. The first-order valence-corrected chi connectivity index (χ1v) is 11.8. The van der Waals surface area contributed by atoms with E-state index in [0.29, 0.717) is 31.7 Å². The molecular weight excluding hydrogens is 445 g/mol. The number of nitrogens with zero attached hydrogens (tertiary/aromatic N) is 3. The van der Waals surface area contributed by atoms with E-state index in [2.05, 4.69) is 11.8 Å². The lowest BCUT2D eigenvalue weighted by Crippen LogP contribution is -2.49. The van der Waals surface area contributed by atoms with Crippen LogP contribution in [0.3, 0.4) is 0 Å². The summed E-state index contributed by atoms with van der Waals surface area (Å²) >= 11 is 12.4. The van der Waals surface area contributed by atoms with Crippen LogP contribution in [0.5, 0.6) is 0 Å². The molecule has 0 spiro atoms. The van der Waals surface area contributed by atoms with Crippen molar-refractivity contribution < 1.29 is 13.2 Å². The molecular formula is C21H25Cl2N3O3S. The number of piperazine rings is 1. The summed E-state index contributed by atoms with van der Waals surface area (Å²) in [5.41, 5.74) is 1.38. The number of hydrogen-bond acceptors (Lipinski definition) is 4. The SMILES string of the molecule is CC(c1ccccc1Cl)N1CCN(C(=O)c2ccc(Cl)c(S(=O)(=O)N(C)C)c2)CC1. The van der Waals surface area contributed by atoms with E-state index in [1.54, 1.807) is 11.0 Å². The van der Waals surface area contributed by atoms with E-state index in [9.17, 15) is 13.2 Å². The highest BCUT2D eigenvalue weighted by molar-refractivity contribution is 7.89. The van der Waals surface area contributed by atoms with E-state index in [-0.39, 0.29) is 21.9 Å². The third-order valence-corrected chi connectivity index (χ3v) is 8.08. The smallest absolute Gasteiger partial charge is 0.253 e. The van der Waals surface area contributed by atoms with E-state index >= 15 is 0 Å². The zero-order chi connectivity index (χ0) is 22.1. The Bertz CT molecular complexity index is 1040. The van der Waals surface area contributed by atoms with Gasteiger partial charge in [-0.15, -0.1) is 0 Å². The Labute approximate surface area is 188 Å². The second-order valence-electron chi connectivity index (χ2n) is 7.46. The van der Waals surface area contributed by atoms with E-state index in [4.69, 9.17) is 23.2 Å². The van der Waals surface area contributed by atoms with Crippen molar-refractivity contribution in [3.63, 3.8) is 0 Å². The van der Waals surface area contributed by atoms with Crippen molar-refractivity contribution in [3.05, 3.63) is 63.6 Å². The zero-order valence-corrected chi connectivity index (χ0v) is 19.5. The van der Waals surface area contributed by atoms with Crippen LogP contribution in [0.4, 0.5) is 0 Å². The van der Waals surface area contributed by atoms with Gasteiger partial charge in [-0.05, 0) is 36.8 Å². The molecule has 2 aromatic carbocycles. The molecule has 0 saturated carbocycles. The van der Waals surface area contributed by atoms with E-state index in [1.165, 1.54) is 26.2 Å². The minimum atomic E-state index is -3.74. The molecule has 3 rings (SSSR count). The van der Waals surface area contributed by atoms with Gasteiger partial charge in [0, 0.05) is 56.9 Å². The Morgan fingerprint density at radius 3 is 2.23 bits per heavy atom. The average molecular weight is 470 g/mol. The highest BCUT2D eigenvalue weighted by atomic mass is 35.5. The summed E-state index contributed by atoms with van der Waals surface area (Å²) in [6.45, 7) is 4.61. The molecule has 0 aromatic heterocycles. The average Bonchev–Trinajstić information content (AvgIpc) is 2.73. The number of rotatable bonds is 5. The first-order valence-electron chi connectivity index (χ1n) is 9.62. The van der Waals surface area contributed by atoms with Gasteiger partial charge in [-0.2, -0.15) is 0 Å². The van der Waals surface area contributed by atoms with Crippen LogP contribution in [-0.2, 0) is 10.0 Å². The fraction of sp³-hybridized carbons (Fsp3) is 0.381. The van der Waals surface area contributed by atoms with Crippen LogP contribution in [0.2, 0.25) is 10.0 Å². The van der Waals surface area contributed by atoms with Gasteiger partial charge in [0.05, 0.1) is 5.02 Å². The van der Waals surface area contributed by atoms with Gasteiger partial charge in [-0.25, -0.2) is 12.7 Å². The lowest BCUT2D eigenvalue weighted by Gasteiger charge is -2.38. The van der Waals surface area contributed by atoms with Crippen LogP contribution in [0, 0.1) is 0 Å². The summed E-state index contributed by atoms with van der Waals surface area (Å²) in [5.74, 6) is -0.202. The number of carbonyl (C=O) groups excluding carboxylic acids is 1. The quantitative estimate of drug-likeness (QED) is 0.668. The van der Waals surface area contributed by atoms with Gasteiger partial charge >= 0.3 is 0 Å². The number of sulfonamides is 1. The highest BCUT2D eigenvalue weighted by Crippen LogP contribution is 2.29. The molecule has 0 aliphatic carbocycles. The van der Waals surface area contributed by atoms with Crippen LogP contribution in [0.25, 0.3) is 0 Å². The summed E-state index contributed by atoms with van der Waals surface area (Å²) in [7, 11) is -0.879. The van der Waals surface area contributed by atoms with Crippen molar-refractivity contribution in [2.45, 2.75) is 17.9 Å². The van der Waals surface area contributed by atoms with Crippen LogP contribution in [-0.4, -0.2) is 68.7 Å². The predicted molar refractivity (Wildman–Crippen MR) is 120 cm³/mol. The van der Waals surface area contributed by atoms with Gasteiger partial charge in [0.1, 0.15) is 4.90 Å². The van der Waals surface area contributed by atoms with Crippen LogP contribution in [0.15, 0.2) is 47.4 Å². The summed E-state index contributed by atoms with van der Waals surface area (Å²) in [6, 6.07) is 12.3. The van der Waals surface area contributed by atoms with Crippen molar-refractivity contribution >= 4 is 39.1 Å². The van der Waals surface area contributed by atoms with Gasteiger partial charge in [-0.1, -0.05) is 41.4 Å². The molecule has 1 atom stereocenters.